The van der Waals surface area contributed by atoms with E-state index in [0.29, 0.717) is 16.3 Å². The molecule has 1 aromatic heterocycles. The zero-order valence-corrected chi connectivity index (χ0v) is 14.5. The van der Waals surface area contributed by atoms with Crippen molar-refractivity contribution in [3.05, 3.63) is 51.9 Å². The fourth-order valence-corrected chi connectivity index (χ4v) is 2.82. The molecule has 0 bridgehead atoms. The molecule has 1 atom stereocenters. The van der Waals surface area contributed by atoms with Gasteiger partial charge in [-0.25, -0.2) is 9.48 Å². The van der Waals surface area contributed by atoms with Gasteiger partial charge < -0.3 is 10.1 Å². The van der Waals surface area contributed by atoms with E-state index in [4.69, 9.17) is 16.3 Å². The third kappa shape index (κ3) is 3.26. The highest BCUT2D eigenvalue weighted by molar-refractivity contribution is 6.30. The van der Waals surface area contributed by atoms with Crippen molar-refractivity contribution in [1.82, 2.24) is 14.8 Å². The van der Waals surface area contributed by atoms with Crippen LogP contribution in [0, 0.1) is 0 Å². The zero-order valence-electron chi connectivity index (χ0n) is 13.8. The van der Waals surface area contributed by atoms with Crippen LogP contribution in [0.5, 0.6) is 0 Å². The first-order valence-electron chi connectivity index (χ1n) is 7.66. The first-order chi connectivity index (χ1) is 12.2. The van der Waals surface area contributed by atoms with E-state index in [1.807, 2.05) is 0 Å². The topological polar surface area (TPSA) is 69.0 Å². The summed E-state index contributed by atoms with van der Waals surface area (Å²) in [6.45, 7) is 3.34. The molecular formula is C16H14ClF3N4O2. The monoisotopic (exact) mass is 386 g/mol. The number of hydrogen-bond donors (Lipinski definition) is 1. The SMILES string of the molecule is CCOC(=O)C1=C(C)Nc2nc(C(F)(F)F)nn2[C@H]1c1ccc(Cl)cc1. The van der Waals surface area contributed by atoms with Crippen molar-refractivity contribution in [2.24, 2.45) is 0 Å². The van der Waals surface area contributed by atoms with Gasteiger partial charge in [0, 0.05) is 10.7 Å². The normalized spacial score (nSPS) is 16.9. The molecule has 138 valence electrons. The van der Waals surface area contributed by atoms with Gasteiger partial charge in [0.1, 0.15) is 6.04 Å². The third-order valence-electron chi connectivity index (χ3n) is 3.79. The molecule has 1 aliphatic heterocycles. The van der Waals surface area contributed by atoms with Gasteiger partial charge in [-0.15, -0.1) is 5.10 Å². The lowest BCUT2D eigenvalue weighted by atomic mass is 9.96. The van der Waals surface area contributed by atoms with Gasteiger partial charge in [0.25, 0.3) is 5.82 Å². The Morgan fingerprint density at radius 1 is 1.35 bits per heavy atom. The first kappa shape index (κ1) is 18.2. The van der Waals surface area contributed by atoms with Gasteiger partial charge in [0.15, 0.2) is 0 Å². The maximum Gasteiger partial charge on any atom is 0.453 e. The van der Waals surface area contributed by atoms with Gasteiger partial charge in [0.2, 0.25) is 5.95 Å². The summed E-state index contributed by atoms with van der Waals surface area (Å²) in [6, 6.07) is 5.47. The molecule has 0 saturated heterocycles. The minimum atomic E-state index is -4.71. The molecule has 1 aliphatic rings. The fraction of sp³-hybridized carbons (Fsp3) is 0.312. The molecule has 2 heterocycles. The van der Waals surface area contributed by atoms with E-state index in [0.717, 1.165) is 4.68 Å². The predicted molar refractivity (Wildman–Crippen MR) is 87.6 cm³/mol. The number of alkyl halides is 3. The molecule has 1 aromatic carbocycles. The highest BCUT2D eigenvalue weighted by Gasteiger charge is 2.41. The molecule has 0 spiro atoms. The highest BCUT2D eigenvalue weighted by Crippen LogP contribution is 2.38. The number of aromatic nitrogens is 3. The molecule has 6 nitrogen and oxygen atoms in total. The van der Waals surface area contributed by atoms with E-state index >= 15 is 0 Å². The molecule has 2 aromatic rings. The van der Waals surface area contributed by atoms with Crippen LogP contribution in [0.3, 0.4) is 0 Å². The van der Waals surface area contributed by atoms with Crippen molar-refractivity contribution in [3.63, 3.8) is 0 Å². The molecule has 0 saturated carbocycles. The maximum atomic E-state index is 13.0. The van der Waals surface area contributed by atoms with Crippen LogP contribution in [-0.2, 0) is 15.7 Å². The van der Waals surface area contributed by atoms with E-state index in [1.54, 1.807) is 38.1 Å². The Hall–Kier alpha value is -2.55. The van der Waals surface area contributed by atoms with Gasteiger partial charge in [-0.3, -0.25) is 0 Å². The number of halogens is 4. The predicted octanol–water partition coefficient (Wildman–Crippen LogP) is 3.80. The summed E-state index contributed by atoms with van der Waals surface area (Å²) in [6.07, 6.45) is -4.71. The summed E-state index contributed by atoms with van der Waals surface area (Å²) in [5.41, 5.74) is 1.02. The summed E-state index contributed by atoms with van der Waals surface area (Å²) in [5, 5.41) is 6.72. The van der Waals surface area contributed by atoms with Crippen LogP contribution in [0.25, 0.3) is 0 Å². The minimum absolute atomic E-state index is 0.108. The fourth-order valence-electron chi connectivity index (χ4n) is 2.70. The van der Waals surface area contributed by atoms with Crippen LogP contribution in [0.15, 0.2) is 35.5 Å². The van der Waals surface area contributed by atoms with E-state index in [1.165, 1.54) is 0 Å². The number of nitrogens with one attached hydrogen (secondary N) is 1. The third-order valence-corrected chi connectivity index (χ3v) is 4.04. The Kier molecular flexibility index (Phi) is 4.66. The van der Waals surface area contributed by atoms with Gasteiger partial charge in [0.05, 0.1) is 12.2 Å². The number of anilines is 1. The Morgan fingerprint density at radius 3 is 2.58 bits per heavy atom. The smallest absolute Gasteiger partial charge is 0.453 e. The summed E-state index contributed by atoms with van der Waals surface area (Å²) in [4.78, 5) is 16.0. The van der Waals surface area contributed by atoms with Crippen LogP contribution in [0.4, 0.5) is 19.1 Å². The highest BCUT2D eigenvalue weighted by atomic mass is 35.5. The number of rotatable bonds is 3. The number of esters is 1. The second-order valence-electron chi connectivity index (χ2n) is 5.54. The molecular weight excluding hydrogens is 373 g/mol. The number of carbonyl (C=O) groups is 1. The van der Waals surface area contributed by atoms with Crippen LogP contribution < -0.4 is 5.32 Å². The van der Waals surface area contributed by atoms with Crippen molar-refractivity contribution in [2.45, 2.75) is 26.1 Å². The number of carbonyl (C=O) groups excluding carboxylic acids is 1. The molecule has 0 amide bonds. The molecule has 26 heavy (non-hydrogen) atoms. The van der Waals surface area contributed by atoms with Crippen LogP contribution in [0.2, 0.25) is 5.02 Å². The van der Waals surface area contributed by atoms with Crippen LogP contribution in [-0.4, -0.2) is 27.3 Å². The van der Waals surface area contributed by atoms with Crippen LogP contribution in [0.1, 0.15) is 31.3 Å². The lowest BCUT2D eigenvalue weighted by Gasteiger charge is -2.28. The van der Waals surface area contributed by atoms with Crippen molar-refractivity contribution in [2.75, 3.05) is 11.9 Å². The summed E-state index contributed by atoms with van der Waals surface area (Å²) >= 11 is 5.89. The number of allylic oxidation sites excluding steroid dienone is 1. The summed E-state index contributed by atoms with van der Waals surface area (Å²) in [7, 11) is 0. The second kappa shape index (κ2) is 6.64. The largest absolute Gasteiger partial charge is 0.463 e. The van der Waals surface area contributed by atoms with E-state index in [-0.39, 0.29) is 18.1 Å². The molecule has 0 radical (unpaired) electrons. The average molecular weight is 387 g/mol. The Morgan fingerprint density at radius 2 is 2.00 bits per heavy atom. The van der Waals surface area contributed by atoms with Crippen molar-refractivity contribution in [3.8, 4) is 0 Å². The van der Waals surface area contributed by atoms with E-state index in [2.05, 4.69) is 15.4 Å². The molecule has 0 unspecified atom stereocenters. The van der Waals surface area contributed by atoms with E-state index < -0.39 is 24.0 Å². The molecule has 3 rings (SSSR count). The lowest BCUT2D eigenvalue weighted by Crippen LogP contribution is -2.29. The van der Waals surface area contributed by atoms with Gasteiger partial charge in [-0.05, 0) is 31.5 Å². The average Bonchev–Trinajstić information content (AvgIpc) is 2.98. The van der Waals surface area contributed by atoms with Crippen LogP contribution >= 0.6 is 11.6 Å². The number of hydrogen-bond acceptors (Lipinski definition) is 5. The number of nitrogens with zero attached hydrogens (tertiary/aromatic N) is 3. The van der Waals surface area contributed by atoms with Crippen molar-refractivity contribution < 1.29 is 22.7 Å². The number of ether oxygens (including phenoxy) is 1. The van der Waals surface area contributed by atoms with Gasteiger partial charge in [-0.1, -0.05) is 23.7 Å². The number of fused-ring (bicyclic) bond motifs is 1. The van der Waals surface area contributed by atoms with Crippen molar-refractivity contribution in [1.29, 1.82) is 0 Å². The Bertz CT molecular complexity index is 875. The van der Waals surface area contributed by atoms with Gasteiger partial charge in [-0.2, -0.15) is 18.2 Å². The summed E-state index contributed by atoms with van der Waals surface area (Å²) in [5.74, 6) is -2.05. The van der Waals surface area contributed by atoms with Crippen molar-refractivity contribution >= 4 is 23.5 Å². The Balaban J connectivity index is 2.17. The minimum Gasteiger partial charge on any atom is -0.463 e. The van der Waals surface area contributed by atoms with Gasteiger partial charge >= 0.3 is 12.1 Å². The quantitative estimate of drug-likeness (QED) is 0.812. The number of benzene rings is 1. The summed E-state index contributed by atoms with van der Waals surface area (Å²) < 4.78 is 45.2. The zero-order chi connectivity index (χ0) is 19.1. The molecule has 0 fully saturated rings. The Labute approximate surface area is 151 Å². The standard InChI is InChI=1S/C16H14ClF3N4O2/c1-3-26-13(25)11-8(2)21-15-22-14(16(18,19)20)23-24(15)12(11)9-4-6-10(17)7-5-9/h4-7,12H,3H2,1-2H3,(H,21,22,23)/t12-/m0/s1. The second-order valence-corrected chi connectivity index (χ2v) is 5.98. The maximum absolute atomic E-state index is 13.0. The van der Waals surface area contributed by atoms with E-state index in [9.17, 15) is 18.0 Å². The molecule has 10 heteroatoms. The first-order valence-corrected chi connectivity index (χ1v) is 8.04. The molecule has 1 N–H and O–H groups in total. The molecule has 0 aliphatic carbocycles. The lowest BCUT2D eigenvalue weighted by molar-refractivity contribution is -0.145.